The molecule has 0 fully saturated rings. The number of nitrogens with one attached hydrogen (secondary N) is 2. The molecule has 3 aromatic carbocycles. The van der Waals surface area contributed by atoms with E-state index in [2.05, 4.69) is 10.9 Å². The van der Waals surface area contributed by atoms with E-state index in [0.29, 0.717) is 5.75 Å². The Labute approximate surface area is 173 Å². The second-order valence-corrected chi connectivity index (χ2v) is 6.50. The van der Waals surface area contributed by atoms with Gasteiger partial charge in [0, 0.05) is 6.08 Å². The van der Waals surface area contributed by atoms with Gasteiger partial charge in [0.15, 0.2) is 6.10 Å². The summed E-state index contributed by atoms with van der Waals surface area (Å²) in [5, 5.41) is 2.04. The van der Waals surface area contributed by atoms with Crippen molar-refractivity contribution in [1.29, 1.82) is 0 Å². The van der Waals surface area contributed by atoms with Gasteiger partial charge >= 0.3 is 0 Å². The van der Waals surface area contributed by atoms with Crippen LogP contribution >= 0.6 is 0 Å². The Balaban J connectivity index is 1.52. The smallest absolute Gasteiger partial charge is 0.279 e. The molecule has 154 valence electrons. The van der Waals surface area contributed by atoms with Crippen LogP contribution in [0.5, 0.6) is 11.5 Å². The second kappa shape index (κ2) is 9.56. The van der Waals surface area contributed by atoms with Crippen LogP contribution in [0.15, 0.2) is 66.7 Å². The Hall–Kier alpha value is -3.87. The summed E-state index contributed by atoms with van der Waals surface area (Å²) in [6.07, 6.45) is 2.08. The van der Waals surface area contributed by atoms with Crippen LogP contribution in [0.25, 0.3) is 16.8 Å². The number of hydrazine groups is 1. The van der Waals surface area contributed by atoms with E-state index in [0.717, 1.165) is 22.1 Å². The summed E-state index contributed by atoms with van der Waals surface area (Å²) in [6.45, 7) is 1.52. The number of ether oxygens (including phenoxy) is 2. The van der Waals surface area contributed by atoms with E-state index in [9.17, 15) is 14.0 Å². The zero-order chi connectivity index (χ0) is 21.5. The van der Waals surface area contributed by atoms with Gasteiger partial charge < -0.3 is 9.47 Å². The maximum absolute atomic E-state index is 12.9. The third kappa shape index (κ3) is 5.57. The van der Waals surface area contributed by atoms with Gasteiger partial charge in [0.05, 0.1) is 7.11 Å². The van der Waals surface area contributed by atoms with Crippen LogP contribution in [0, 0.1) is 5.82 Å². The molecule has 30 heavy (non-hydrogen) atoms. The number of halogens is 1. The highest BCUT2D eigenvalue weighted by molar-refractivity contribution is 5.94. The van der Waals surface area contributed by atoms with Crippen molar-refractivity contribution in [3.8, 4) is 11.5 Å². The Morgan fingerprint density at radius 3 is 2.33 bits per heavy atom. The zero-order valence-electron chi connectivity index (χ0n) is 16.5. The molecule has 0 bridgehead atoms. The molecule has 0 aliphatic heterocycles. The number of rotatable bonds is 6. The number of fused-ring (bicyclic) bond motifs is 1. The molecule has 2 N–H and O–H groups in total. The zero-order valence-corrected chi connectivity index (χ0v) is 16.5. The first kappa shape index (κ1) is 20.9. The highest BCUT2D eigenvalue weighted by atomic mass is 19.1. The molecule has 2 amide bonds. The van der Waals surface area contributed by atoms with E-state index < -0.39 is 23.7 Å². The van der Waals surface area contributed by atoms with E-state index in [4.69, 9.17) is 9.47 Å². The van der Waals surface area contributed by atoms with E-state index in [1.165, 1.54) is 37.3 Å². The lowest BCUT2D eigenvalue weighted by molar-refractivity contribution is -0.131. The largest absolute Gasteiger partial charge is 0.497 e. The van der Waals surface area contributed by atoms with Gasteiger partial charge in [-0.25, -0.2) is 4.39 Å². The summed E-state index contributed by atoms with van der Waals surface area (Å²) >= 11 is 0. The van der Waals surface area contributed by atoms with Crippen molar-refractivity contribution in [3.63, 3.8) is 0 Å². The molecule has 0 aliphatic rings. The molecule has 0 unspecified atom stereocenters. The Bertz CT molecular complexity index is 1080. The summed E-state index contributed by atoms with van der Waals surface area (Å²) in [7, 11) is 1.62. The van der Waals surface area contributed by atoms with E-state index >= 15 is 0 Å². The molecular formula is C23H21FN2O4. The summed E-state index contributed by atoms with van der Waals surface area (Å²) in [6, 6.07) is 16.8. The average molecular weight is 408 g/mol. The van der Waals surface area contributed by atoms with Crippen LogP contribution in [0.3, 0.4) is 0 Å². The molecule has 0 radical (unpaired) electrons. The van der Waals surface area contributed by atoms with Crippen LogP contribution in [0.4, 0.5) is 4.39 Å². The summed E-state index contributed by atoms with van der Waals surface area (Å²) in [5.41, 5.74) is 5.42. The van der Waals surface area contributed by atoms with Crippen LogP contribution in [0.1, 0.15) is 12.5 Å². The molecule has 0 aliphatic carbocycles. The van der Waals surface area contributed by atoms with Gasteiger partial charge in [-0.15, -0.1) is 0 Å². The minimum absolute atomic E-state index is 0.346. The molecule has 0 heterocycles. The van der Waals surface area contributed by atoms with E-state index in [1.807, 2.05) is 36.4 Å². The molecule has 0 aromatic heterocycles. The lowest BCUT2D eigenvalue weighted by atomic mass is 10.1. The molecule has 0 saturated carbocycles. The maximum Gasteiger partial charge on any atom is 0.279 e. The lowest BCUT2D eigenvalue weighted by Gasteiger charge is -2.14. The van der Waals surface area contributed by atoms with Crippen LogP contribution in [0.2, 0.25) is 0 Å². The fourth-order valence-electron chi connectivity index (χ4n) is 2.68. The first-order valence-electron chi connectivity index (χ1n) is 9.22. The third-order valence-corrected chi connectivity index (χ3v) is 4.30. The number of hydrogen-bond acceptors (Lipinski definition) is 4. The van der Waals surface area contributed by atoms with Gasteiger partial charge in [-0.1, -0.05) is 18.2 Å². The molecule has 1 atom stereocenters. The third-order valence-electron chi connectivity index (χ3n) is 4.30. The quantitative estimate of drug-likeness (QED) is 0.483. The van der Waals surface area contributed by atoms with Crippen molar-refractivity contribution >= 4 is 28.7 Å². The summed E-state index contributed by atoms with van der Waals surface area (Å²) in [5.74, 6) is -0.310. The Morgan fingerprint density at radius 1 is 0.933 bits per heavy atom. The number of amides is 2. The Kier molecular flexibility index (Phi) is 6.64. The van der Waals surface area contributed by atoms with E-state index in [1.54, 1.807) is 13.2 Å². The minimum Gasteiger partial charge on any atom is -0.497 e. The first-order valence-corrected chi connectivity index (χ1v) is 9.22. The van der Waals surface area contributed by atoms with Gasteiger partial charge in [0.2, 0.25) is 0 Å². The monoisotopic (exact) mass is 408 g/mol. The van der Waals surface area contributed by atoms with Crippen molar-refractivity contribution in [2.24, 2.45) is 0 Å². The van der Waals surface area contributed by atoms with Crippen molar-refractivity contribution in [1.82, 2.24) is 10.9 Å². The second-order valence-electron chi connectivity index (χ2n) is 6.50. The highest BCUT2D eigenvalue weighted by Crippen LogP contribution is 2.22. The van der Waals surface area contributed by atoms with Crippen molar-refractivity contribution < 1.29 is 23.5 Å². The van der Waals surface area contributed by atoms with Crippen molar-refractivity contribution in [2.75, 3.05) is 7.11 Å². The first-order chi connectivity index (χ1) is 14.4. The van der Waals surface area contributed by atoms with Crippen LogP contribution in [-0.2, 0) is 9.59 Å². The number of carbonyl (C=O) groups excluding carboxylic acids is 2. The normalized spacial score (nSPS) is 11.8. The van der Waals surface area contributed by atoms with Gasteiger partial charge in [0.25, 0.3) is 11.8 Å². The lowest BCUT2D eigenvalue weighted by Crippen LogP contribution is -2.46. The fourth-order valence-corrected chi connectivity index (χ4v) is 2.68. The molecule has 3 aromatic rings. The number of hydrogen-bond donors (Lipinski definition) is 2. The van der Waals surface area contributed by atoms with Gasteiger partial charge in [-0.2, -0.15) is 0 Å². The van der Waals surface area contributed by atoms with Crippen LogP contribution in [-0.4, -0.2) is 25.0 Å². The van der Waals surface area contributed by atoms with Gasteiger partial charge in [-0.3, -0.25) is 20.4 Å². The molecule has 0 spiro atoms. The van der Waals surface area contributed by atoms with Crippen molar-refractivity contribution in [3.05, 3.63) is 78.1 Å². The highest BCUT2D eigenvalue weighted by Gasteiger charge is 2.14. The SMILES string of the molecule is COc1ccc2cc(/C=C/C(=O)NNC(=O)[C@@H](C)Oc3ccc(F)cc3)ccc2c1. The van der Waals surface area contributed by atoms with Crippen LogP contribution < -0.4 is 20.3 Å². The van der Waals surface area contributed by atoms with E-state index in [-0.39, 0.29) is 0 Å². The molecule has 0 saturated heterocycles. The van der Waals surface area contributed by atoms with Gasteiger partial charge in [-0.05, 0) is 71.8 Å². The predicted octanol–water partition coefficient (Wildman–Crippen LogP) is 3.62. The molecule has 3 rings (SSSR count). The number of benzene rings is 3. The summed E-state index contributed by atoms with van der Waals surface area (Å²) in [4.78, 5) is 24.0. The summed E-state index contributed by atoms with van der Waals surface area (Å²) < 4.78 is 23.5. The number of carbonyl (C=O) groups is 2. The Morgan fingerprint density at radius 2 is 1.60 bits per heavy atom. The minimum atomic E-state index is -0.878. The molecular weight excluding hydrogens is 387 g/mol. The van der Waals surface area contributed by atoms with Crippen molar-refractivity contribution in [2.45, 2.75) is 13.0 Å². The standard InChI is InChI=1S/C23H21FN2O4/c1-15(30-20-10-7-19(24)8-11-20)23(28)26-25-22(27)12-4-16-3-5-18-14-21(29-2)9-6-17(18)13-16/h3-15H,1-2H3,(H,25,27)(H,26,28)/b12-4+/t15-/m1/s1. The number of methoxy groups -OCH3 is 1. The average Bonchev–Trinajstić information content (AvgIpc) is 2.76. The molecule has 6 nitrogen and oxygen atoms in total. The fraction of sp³-hybridized carbons (Fsp3) is 0.130. The maximum atomic E-state index is 12.9. The topological polar surface area (TPSA) is 76.7 Å². The molecule has 7 heteroatoms. The van der Waals surface area contributed by atoms with Gasteiger partial charge in [0.1, 0.15) is 17.3 Å². The predicted molar refractivity (Wildman–Crippen MR) is 112 cm³/mol.